The van der Waals surface area contributed by atoms with E-state index < -0.39 is 5.54 Å². The third-order valence-corrected chi connectivity index (χ3v) is 4.13. The molecule has 1 atom stereocenters. The minimum atomic E-state index is -0.811. The molecule has 1 aliphatic heterocycles. The van der Waals surface area contributed by atoms with Crippen molar-refractivity contribution in [3.63, 3.8) is 0 Å². The molecule has 1 heterocycles. The third-order valence-electron chi connectivity index (χ3n) is 4.13. The van der Waals surface area contributed by atoms with E-state index in [1.165, 1.54) is 4.90 Å². The maximum atomic E-state index is 12.4. The van der Waals surface area contributed by atoms with Gasteiger partial charge >= 0.3 is 6.03 Å². The first-order valence-corrected chi connectivity index (χ1v) is 7.47. The molecule has 3 amide bonds. The fourth-order valence-corrected chi connectivity index (χ4v) is 2.29. The van der Waals surface area contributed by atoms with Crippen LogP contribution in [0.1, 0.15) is 27.2 Å². The normalized spacial score (nSPS) is 21.4. The molecule has 0 bridgehead atoms. The maximum absolute atomic E-state index is 12.4. The lowest BCUT2D eigenvalue weighted by Gasteiger charge is -2.25. The molecule has 6 nitrogen and oxygen atoms in total. The van der Waals surface area contributed by atoms with Gasteiger partial charge in [0, 0.05) is 12.2 Å². The Kier molecular flexibility index (Phi) is 4.59. The largest absolute Gasteiger partial charge is 0.494 e. The van der Waals surface area contributed by atoms with Gasteiger partial charge in [-0.3, -0.25) is 9.69 Å². The monoisotopic (exact) mass is 305 g/mol. The minimum absolute atomic E-state index is 0.0416. The molecule has 1 aromatic rings. The minimum Gasteiger partial charge on any atom is -0.494 e. The molecule has 1 unspecified atom stereocenters. The van der Waals surface area contributed by atoms with Crippen molar-refractivity contribution in [2.24, 2.45) is 5.92 Å². The summed E-state index contributed by atoms with van der Waals surface area (Å²) in [5, 5.41) is 2.78. The van der Waals surface area contributed by atoms with Gasteiger partial charge in [-0.25, -0.2) is 4.79 Å². The summed E-state index contributed by atoms with van der Waals surface area (Å²) < 4.78 is 5.57. The van der Waals surface area contributed by atoms with E-state index in [9.17, 15) is 9.59 Å². The number of carbonyl (C=O) groups excluding carboxylic acids is 2. The number of benzene rings is 1. The van der Waals surface area contributed by atoms with Gasteiger partial charge in [-0.2, -0.15) is 0 Å². The standard InChI is InChI=1S/C16H23N3O3/c1-11(2)16(3)14(20)19(15(21)18-16)9-4-10-22-13-7-5-12(17)6-8-13/h5-8,11H,4,9-10,17H2,1-3H3,(H,18,21). The van der Waals surface area contributed by atoms with Gasteiger partial charge in [0.2, 0.25) is 0 Å². The topological polar surface area (TPSA) is 84.7 Å². The molecule has 0 radical (unpaired) electrons. The van der Waals surface area contributed by atoms with Gasteiger partial charge < -0.3 is 15.8 Å². The Morgan fingerprint density at radius 2 is 1.91 bits per heavy atom. The van der Waals surface area contributed by atoms with Crippen LogP contribution in [-0.2, 0) is 4.79 Å². The lowest BCUT2D eigenvalue weighted by molar-refractivity contribution is -0.132. The van der Waals surface area contributed by atoms with Crippen LogP contribution in [0.2, 0.25) is 0 Å². The van der Waals surface area contributed by atoms with Crippen LogP contribution < -0.4 is 15.8 Å². The number of rotatable bonds is 6. The zero-order chi connectivity index (χ0) is 16.3. The Morgan fingerprint density at radius 3 is 2.45 bits per heavy atom. The molecule has 1 aromatic carbocycles. The first kappa shape index (κ1) is 16.1. The molecule has 0 spiro atoms. The summed E-state index contributed by atoms with van der Waals surface area (Å²) in [5.41, 5.74) is 5.47. The number of ether oxygens (including phenoxy) is 1. The number of urea groups is 1. The number of anilines is 1. The smallest absolute Gasteiger partial charge is 0.325 e. The van der Waals surface area contributed by atoms with Gasteiger partial charge in [0.1, 0.15) is 11.3 Å². The fourth-order valence-electron chi connectivity index (χ4n) is 2.29. The maximum Gasteiger partial charge on any atom is 0.325 e. The molecular formula is C16H23N3O3. The van der Waals surface area contributed by atoms with Crippen LogP contribution in [0.3, 0.4) is 0 Å². The summed E-state index contributed by atoms with van der Waals surface area (Å²) in [4.78, 5) is 25.6. The molecule has 22 heavy (non-hydrogen) atoms. The van der Waals surface area contributed by atoms with E-state index >= 15 is 0 Å². The summed E-state index contributed by atoms with van der Waals surface area (Å²) in [6.07, 6.45) is 0.581. The van der Waals surface area contributed by atoms with Crippen molar-refractivity contribution in [2.45, 2.75) is 32.7 Å². The average molecular weight is 305 g/mol. The Hall–Kier alpha value is -2.24. The highest BCUT2D eigenvalue weighted by Gasteiger charge is 2.49. The average Bonchev–Trinajstić information content (AvgIpc) is 2.69. The summed E-state index contributed by atoms with van der Waals surface area (Å²) >= 11 is 0. The van der Waals surface area contributed by atoms with Crippen LogP contribution in [0.5, 0.6) is 5.75 Å². The number of imide groups is 1. The number of nitrogen functional groups attached to an aromatic ring is 1. The highest BCUT2D eigenvalue weighted by atomic mass is 16.5. The van der Waals surface area contributed by atoms with Crippen molar-refractivity contribution in [1.29, 1.82) is 0 Å². The van der Waals surface area contributed by atoms with Crippen LogP contribution in [0.15, 0.2) is 24.3 Å². The van der Waals surface area contributed by atoms with E-state index in [1.54, 1.807) is 31.2 Å². The molecule has 0 aliphatic carbocycles. The predicted molar refractivity (Wildman–Crippen MR) is 84.5 cm³/mol. The molecule has 6 heteroatoms. The summed E-state index contributed by atoms with van der Waals surface area (Å²) in [7, 11) is 0. The summed E-state index contributed by atoms with van der Waals surface area (Å²) in [6, 6.07) is 6.79. The van der Waals surface area contributed by atoms with Crippen LogP contribution in [0.4, 0.5) is 10.5 Å². The number of amides is 3. The lowest BCUT2D eigenvalue weighted by atomic mass is 9.88. The molecule has 0 aromatic heterocycles. The number of nitrogens with two attached hydrogens (primary N) is 1. The molecule has 120 valence electrons. The van der Waals surface area contributed by atoms with E-state index in [4.69, 9.17) is 10.5 Å². The predicted octanol–water partition coefficient (Wildman–Crippen LogP) is 2.00. The van der Waals surface area contributed by atoms with E-state index in [0.29, 0.717) is 25.3 Å². The van der Waals surface area contributed by atoms with E-state index in [2.05, 4.69) is 5.32 Å². The Bertz CT molecular complexity index is 556. The zero-order valence-electron chi connectivity index (χ0n) is 13.3. The van der Waals surface area contributed by atoms with Crippen molar-refractivity contribution in [3.05, 3.63) is 24.3 Å². The Labute approximate surface area is 130 Å². The van der Waals surface area contributed by atoms with Crippen LogP contribution in [-0.4, -0.2) is 35.5 Å². The highest BCUT2D eigenvalue weighted by molar-refractivity contribution is 6.06. The zero-order valence-corrected chi connectivity index (χ0v) is 13.3. The van der Waals surface area contributed by atoms with Crippen LogP contribution in [0, 0.1) is 5.92 Å². The number of carbonyl (C=O) groups is 2. The number of nitrogens with one attached hydrogen (secondary N) is 1. The van der Waals surface area contributed by atoms with E-state index in [0.717, 1.165) is 5.75 Å². The van der Waals surface area contributed by atoms with Crippen molar-refractivity contribution >= 4 is 17.6 Å². The molecule has 0 saturated carbocycles. The SMILES string of the molecule is CC(C)C1(C)NC(=O)N(CCCOc2ccc(N)cc2)C1=O. The van der Waals surface area contributed by atoms with Crippen molar-refractivity contribution in [1.82, 2.24) is 10.2 Å². The number of nitrogens with zero attached hydrogens (tertiary/aromatic N) is 1. The second-order valence-electron chi connectivity index (χ2n) is 6.02. The fraction of sp³-hybridized carbons (Fsp3) is 0.500. The molecular weight excluding hydrogens is 282 g/mol. The van der Waals surface area contributed by atoms with Gasteiger partial charge in [-0.15, -0.1) is 0 Å². The van der Waals surface area contributed by atoms with Crippen molar-refractivity contribution in [3.8, 4) is 5.75 Å². The second-order valence-corrected chi connectivity index (χ2v) is 6.02. The molecule has 1 aliphatic rings. The first-order chi connectivity index (χ1) is 10.3. The molecule has 1 fully saturated rings. The van der Waals surface area contributed by atoms with Gasteiger partial charge in [-0.1, -0.05) is 13.8 Å². The summed E-state index contributed by atoms with van der Waals surface area (Å²) in [5.74, 6) is 0.596. The van der Waals surface area contributed by atoms with Crippen LogP contribution in [0.25, 0.3) is 0 Å². The third kappa shape index (κ3) is 3.16. The Morgan fingerprint density at radius 1 is 1.27 bits per heavy atom. The van der Waals surface area contributed by atoms with Gasteiger partial charge in [0.15, 0.2) is 0 Å². The molecule has 2 rings (SSSR count). The van der Waals surface area contributed by atoms with Gasteiger partial charge in [0.05, 0.1) is 6.61 Å². The number of hydrogen-bond acceptors (Lipinski definition) is 4. The Balaban J connectivity index is 1.83. The number of hydrogen-bond donors (Lipinski definition) is 2. The van der Waals surface area contributed by atoms with Crippen molar-refractivity contribution < 1.29 is 14.3 Å². The second kappa shape index (κ2) is 6.25. The van der Waals surface area contributed by atoms with E-state index in [-0.39, 0.29) is 17.9 Å². The molecule has 1 saturated heterocycles. The van der Waals surface area contributed by atoms with Crippen molar-refractivity contribution in [2.75, 3.05) is 18.9 Å². The van der Waals surface area contributed by atoms with E-state index in [1.807, 2.05) is 13.8 Å². The van der Waals surface area contributed by atoms with Gasteiger partial charge in [-0.05, 0) is 43.5 Å². The highest BCUT2D eigenvalue weighted by Crippen LogP contribution is 2.25. The lowest BCUT2D eigenvalue weighted by Crippen LogP contribution is -2.48. The quantitative estimate of drug-likeness (QED) is 0.478. The molecule has 3 N–H and O–H groups in total. The van der Waals surface area contributed by atoms with Gasteiger partial charge in [0.25, 0.3) is 5.91 Å². The van der Waals surface area contributed by atoms with Crippen LogP contribution >= 0.6 is 0 Å². The summed E-state index contributed by atoms with van der Waals surface area (Å²) in [6.45, 7) is 6.39. The first-order valence-electron chi connectivity index (χ1n) is 7.47.